The number of nitrogens with one attached hydrogen (secondary N) is 2. The Balaban J connectivity index is 2.09. The van der Waals surface area contributed by atoms with Gasteiger partial charge in [0.05, 0.1) is 12.8 Å². The molecule has 0 amide bonds. The molecule has 1 heterocycles. The average molecular weight is 329 g/mol. The number of benzene rings is 1. The van der Waals surface area contributed by atoms with Gasteiger partial charge in [-0.2, -0.15) is 15.2 Å². The van der Waals surface area contributed by atoms with Crippen LogP contribution in [0.2, 0.25) is 0 Å². The van der Waals surface area contributed by atoms with Crippen LogP contribution in [0.3, 0.4) is 0 Å². The number of aromatic amines is 1. The van der Waals surface area contributed by atoms with Crippen molar-refractivity contribution in [3.05, 3.63) is 46.0 Å². The van der Waals surface area contributed by atoms with Crippen LogP contribution in [0.1, 0.15) is 45.4 Å². The van der Waals surface area contributed by atoms with Crippen LogP contribution < -0.4 is 15.9 Å². The number of anilines is 1. The molecule has 1 aromatic carbocycles. The Morgan fingerprint density at radius 1 is 1.29 bits per heavy atom. The molecule has 0 radical (unpaired) electrons. The SMILES string of the molecule is CCCOc1ccc(/C=N/Nc2nc(=O)[nH]nc2C(C)(C)C)cc1. The lowest BCUT2D eigenvalue weighted by Crippen LogP contribution is -2.24. The second kappa shape index (κ2) is 7.72. The molecule has 0 unspecified atom stereocenters. The van der Waals surface area contributed by atoms with Gasteiger partial charge >= 0.3 is 5.69 Å². The fourth-order valence-corrected chi connectivity index (χ4v) is 1.98. The van der Waals surface area contributed by atoms with Crippen molar-refractivity contribution in [2.75, 3.05) is 12.0 Å². The smallest absolute Gasteiger partial charge is 0.363 e. The van der Waals surface area contributed by atoms with Crippen molar-refractivity contribution in [3.8, 4) is 5.75 Å². The lowest BCUT2D eigenvalue weighted by Gasteiger charge is -2.18. The van der Waals surface area contributed by atoms with E-state index < -0.39 is 5.69 Å². The zero-order valence-corrected chi connectivity index (χ0v) is 14.5. The van der Waals surface area contributed by atoms with Crippen molar-refractivity contribution in [2.24, 2.45) is 5.10 Å². The first-order valence-electron chi connectivity index (χ1n) is 7.89. The van der Waals surface area contributed by atoms with E-state index in [9.17, 15) is 4.79 Å². The quantitative estimate of drug-likeness (QED) is 0.628. The van der Waals surface area contributed by atoms with Gasteiger partial charge in [0.2, 0.25) is 0 Å². The molecule has 2 N–H and O–H groups in total. The molecule has 0 spiro atoms. The molecule has 2 rings (SSSR count). The van der Waals surface area contributed by atoms with E-state index in [1.54, 1.807) is 6.21 Å². The molecule has 0 atom stereocenters. The van der Waals surface area contributed by atoms with Crippen molar-refractivity contribution >= 4 is 12.0 Å². The van der Waals surface area contributed by atoms with Gasteiger partial charge in [0.15, 0.2) is 5.82 Å². The summed E-state index contributed by atoms with van der Waals surface area (Å²) in [6, 6.07) is 7.60. The molecule has 0 aliphatic carbocycles. The second-order valence-electron chi connectivity index (χ2n) is 6.38. The third kappa shape index (κ3) is 4.91. The van der Waals surface area contributed by atoms with E-state index in [-0.39, 0.29) is 5.41 Å². The fraction of sp³-hybridized carbons (Fsp3) is 0.412. The highest BCUT2D eigenvalue weighted by atomic mass is 16.5. The molecule has 128 valence electrons. The summed E-state index contributed by atoms with van der Waals surface area (Å²) in [5.74, 6) is 1.18. The Morgan fingerprint density at radius 3 is 2.62 bits per heavy atom. The van der Waals surface area contributed by atoms with Crippen LogP contribution in [0.25, 0.3) is 0 Å². The van der Waals surface area contributed by atoms with Crippen molar-refractivity contribution in [1.29, 1.82) is 0 Å². The summed E-state index contributed by atoms with van der Waals surface area (Å²) in [5.41, 5.74) is 3.56. The van der Waals surface area contributed by atoms with E-state index >= 15 is 0 Å². The zero-order valence-electron chi connectivity index (χ0n) is 14.5. The Bertz CT molecular complexity index is 745. The predicted molar refractivity (Wildman–Crippen MR) is 94.8 cm³/mol. The fourth-order valence-electron chi connectivity index (χ4n) is 1.98. The molecule has 0 fully saturated rings. The van der Waals surface area contributed by atoms with Gasteiger partial charge in [-0.25, -0.2) is 9.89 Å². The first-order chi connectivity index (χ1) is 11.4. The number of aromatic nitrogens is 3. The number of hydrazone groups is 1. The molecule has 1 aromatic heterocycles. The van der Waals surface area contributed by atoms with Crippen LogP contribution in [0.4, 0.5) is 5.82 Å². The molecule has 0 saturated heterocycles. The molecule has 0 saturated carbocycles. The molecular formula is C17H23N5O2. The van der Waals surface area contributed by atoms with Gasteiger partial charge < -0.3 is 4.74 Å². The van der Waals surface area contributed by atoms with E-state index in [4.69, 9.17) is 4.74 Å². The monoisotopic (exact) mass is 329 g/mol. The third-order valence-electron chi connectivity index (χ3n) is 3.15. The van der Waals surface area contributed by atoms with Crippen LogP contribution in [-0.2, 0) is 5.41 Å². The van der Waals surface area contributed by atoms with Gasteiger partial charge in [-0.05, 0) is 36.2 Å². The average Bonchev–Trinajstić information content (AvgIpc) is 2.53. The highest BCUT2D eigenvalue weighted by molar-refractivity contribution is 5.80. The van der Waals surface area contributed by atoms with E-state index in [0.717, 1.165) is 17.7 Å². The van der Waals surface area contributed by atoms with Crippen LogP contribution >= 0.6 is 0 Å². The Morgan fingerprint density at radius 2 is 2.00 bits per heavy atom. The van der Waals surface area contributed by atoms with Crippen LogP contribution in [-0.4, -0.2) is 28.0 Å². The first kappa shape index (κ1) is 17.7. The summed E-state index contributed by atoms with van der Waals surface area (Å²) in [4.78, 5) is 15.3. The molecule has 7 heteroatoms. The third-order valence-corrected chi connectivity index (χ3v) is 3.15. The molecular weight excluding hydrogens is 306 g/mol. The molecule has 24 heavy (non-hydrogen) atoms. The number of H-pyrrole nitrogens is 1. The lowest BCUT2D eigenvalue weighted by molar-refractivity contribution is 0.317. The maximum absolute atomic E-state index is 11.4. The maximum Gasteiger partial charge on any atom is 0.363 e. The first-order valence-corrected chi connectivity index (χ1v) is 7.89. The molecule has 0 aliphatic heterocycles. The number of hydrogen-bond donors (Lipinski definition) is 2. The number of rotatable bonds is 6. The van der Waals surface area contributed by atoms with Crippen LogP contribution in [0, 0.1) is 0 Å². The van der Waals surface area contributed by atoms with Crippen molar-refractivity contribution in [2.45, 2.75) is 39.5 Å². The number of ether oxygens (including phenoxy) is 1. The van der Waals surface area contributed by atoms with E-state index in [0.29, 0.717) is 18.1 Å². The summed E-state index contributed by atoms with van der Waals surface area (Å²) in [5, 5.41) is 10.6. The topological polar surface area (TPSA) is 92.3 Å². The van der Waals surface area contributed by atoms with Gasteiger partial charge in [0, 0.05) is 5.41 Å². The van der Waals surface area contributed by atoms with Gasteiger partial charge in [0.1, 0.15) is 11.4 Å². The number of hydrogen-bond acceptors (Lipinski definition) is 6. The minimum Gasteiger partial charge on any atom is -0.494 e. The standard InChI is InChI=1S/C17H23N5O2/c1-5-10-24-13-8-6-12(7-9-13)11-18-21-15-14(17(2,3)4)20-22-16(23)19-15/h6-9,11H,5,10H2,1-4H3,(H2,19,21,22,23)/b18-11+. The zero-order chi connectivity index (χ0) is 17.6. The summed E-state index contributed by atoms with van der Waals surface area (Å²) in [6.07, 6.45) is 2.62. The molecule has 0 bridgehead atoms. The van der Waals surface area contributed by atoms with Gasteiger partial charge in [-0.1, -0.05) is 27.7 Å². The van der Waals surface area contributed by atoms with Gasteiger partial charge in [0.25, 0.3) is 0 Å². The minimum absolute atomic E-state index is 0.271. The predicted octanol–water partition coefficient (Wildman–Crippen LogP) is 2.70. The summed E-state index contributed by atoms with van der Waals surface area (Å²) >= 11 is 0. The van der Waals surface area contributed by atoms with Gasteiger partial charge in [-0.15, -0.1) is 0 Å². The van der Waals surface area contributed by atoms with Crippen molar-refractivity contribution in [1.82, 2.24) is 15.2 Å². The molecule has 0 aliphatic rings. The Hall–Kier alpha value is -2.70. The van der Waals surface area contributed by atoms with Crippen LogP contribution in [0.5, 0.6) is 5.75 Å². The van der Waals surface area contributed by atoms with E-state index in [1.807, 2.05) is 45.0 Å². The Kier molecular flexibility index (Phi) is 5.68. The number of nitrogens with zero attached hydrogens (tertiary/aromatic N) is 3. The van der Waals surface area contributed by atoms with Crippen molar-refractivity contribution in [3.63, 3.8) is 0 Å². The van der Waals surface area contributed by atoms with Crippen molar-refractivity contribution < 1.29 is 4.74 Å². The lowest BCUT2D eigenvalue weighted by atomic mass is 9.92. The normalized spacial score (nSPS) is 11.7. The second-order valence-corrected chi connectivity index (χ2v) is 6.38. The van der Waals surface area contributed by atoms with E-state index in [2.05, 4.69) is 32.6 Å². The molecule has 2 aromatic rings. The van der Waals surface area contributed by atoms with Gasteiger partial charge in [-0.3, -0.25) is 5.43 Å². The molecule has 7 nitrogen and oxygen atoms in total. The summed E-state index contributed by atoms with van der Waals surface area (Å²) in [6.45, 7) is 8.72. The summed E-state index contributed by atoms with van der Waals surface area (Å²) < 4.78 is 5.53. The van der Waals surface area contributed by atoms with E-state index in [1.165, 1.54) is 0 Å². The maximum atomic E-state index is 11.4. The van der Waals surface area contributed by atoms with Crippen LogP contribution in [0.15, 0.2) is 34.2 Å². The Labute approximate surface area is 141 Å². The highest BCUT2D eigenvalue weighted by Crippen LogP contribution is 2.24. The largest absolute Gasteiger partial charge is 0.494 e. The highest BCUT2D eigenvalue weighted by Gasteiger charge is 2.21. The summed E-state index contributed by atoms with van der Waals surface area (Å²) in [7, 11) is 0. The minimum atomic E-state index is -0.516.